The van der Waals surface area contributed by atoms with E-state index in [0.717, 1.165) is 152 Å². The molecule has 5 unspecified atom stereocenters. The molecule has 6 saturated heterocycles. The zero-order chi connectivity index (χ0) is 104. The maximum atomic E-state index is 13.1. The Bertz CT molecular complexity index is 7670. The summed E-state index contributed by atoms with van der Waals surface area (Å²) < 4.78 is 236. The fraction of sp³-hybridized carbons (Fsp3) is 0.389. The van der Waals surface area contributed by atoms with E-state index in [2.05, 4.69) is 140 Å². The number of piperazine rings is 1. The van der Waals surface area contributed by atoms with E-state index in [9.17, 15) is 88.1 Å². The molecule has 2 amide bonds. The van der Waals surface area contributed by atoms with Crippen molar-refractivity contribution in [2.45, 2.75) is 94.2 Å². The van der Waals surface area contributed by atoms with Crippen molar-refractivity contribution in [1.82, 2.24) is 142 Å². The monoisotopic (exact) mass is 2120 g/mol. The highest BCUT2D eigenvalue weighted by Gasteiger charge is 2.41. The molecule has 0 aliphatic carbocycles. The van der Waals surface area contributed by atoms with Crippen LogP contribution in [0.15, 0.2) is 160 Å². The number of aromatic amines is 1. The van der Waals surface area contributed by atoms with Crippen LogP contribution >= 0.6 is 11.6 Å². The second kappa shape index (κ2) is 42.4. The van der Waals surface area contributed by atoms with Crippen LogP contribution in [-0.4, -0.2) is 276 Å². The Kier molecular flexibility index (Phi) is 29.5. The van der Waals surface area contributed by atoms with Crippen LogP contribution in [-0.2, 0) is 61.1 Å². The van der Waals surface area contributed by atoms with Gasteiger partial charge >= 0.3 is 30.9 Å². The molecule has 776 valence electrons. The lowest BCUT2D eigenvalue weighted by Gasteiger charge is -2.33. The molecule has 22 heterocycles. The molecule has 6 fully saturated rings. The molecule has 58 heteroatoms. The number of halogens is 16. The Labute approximate surface area is 835 Å². The van der Waals surface area contributed by atoms with E-state index in [1.54, 1.807) is 67.6 Å². The van der Waals surface area contributed by atoms with E-state index in [-0.39, 0.29) is 98.7 Å². The number of sulfone groups is 1. The van der Waals surface area contributed by atoms with Gasteiger partial charge in [-0.1, -0.05) is 11.6 Å². The predicted molar refractivity (Wildman–Crippen MR) is 506 cm³/mol. The van der Waals surface area contributed by atoms with Crippen molar-refractivity contribution < 1.29 is 88.1 Å². The van der Waals surface area contributed by atoms with Crippen molar-refractivity contribution in [1.29, 1.82) is 0 Å². The molecular formula is C90H87ClF15N35O5S2. The molecular weight excluding hydrogens is 2040 g/mol. The van der Waals surface area contributed by atoms with Crippen LogP contribution < -0.4 is 35.6 Å². The number of hydrogen-bond acceptors (Lipinski definition) is 32. The van der Waals surface area contributed by atoms with E-state index in [1.165, 1.54) is 65.4 Å². The number of nitrogens with two attached hydrogens (primary N) is 1. The van der Waals surface area contributed by atoms with E-state index in [4.69, 9.17) is 17.3 Å². The molecule has 0 bridgehead atoms. The fourth-order valence-electron chi connectivity index (χ4n) is 18.2. The second-order valence-electron chi connectivity index (χ2n) is 35.7. The van der Waals surface area contributed by atoms with Crippen molar-refractivity contribution in [3.05, 3.63) is 200 Å². The van der Waals surface area contributed by atoms with Crippen LogP contribution in [0.5, 0.6) is 0 Å². The van der Waals surface area contributed by atoms with Gasteiger partial charge in [-0.2, -0.15) is 71.0 Å². The minimum Gasteiger partial charge on any atom is -0.370 e. The number of alkyl halides is 15. The number of fused-ring (bicyclic) bond motifs is 5. The van der Waals surface area contributed by atoms with Crippen molar-refractivity contribution in [3.63, 3.8) is 0 Å². The maximum Gasteiger partial charge on any atom is 0.434 e. The highest BCUT2D eigenvalue weighted by Crippen LogP contribution is 2.40. The Morgan fingerprint density at radius 1 is 0.419 bits per heavy atom. The molecule has 0 spiro atoms. The number of nitrogens with one attached hydrogen (secondary N) is 2. The number of H-pyrrole nitrogens is 1. The SMILES string of the molecule is CS(=O)(=O)CC1CCN(c2ccnc(-c3cnc4cnc(C(F)(F)F)cn34)n2)C1.CS(=O)CC1CCN(c2ccnc(-c3cnc4cnc(C(F)(F)F)cn34)n2)C1.FC(F)(F)c1cn2c(-c3nccc(N4CCCC(c5cn[nH]c5Cl)C4)n3)cnc2cn1.NC(=O)CC1CCN(c2ccnc(-c3cnc4cnc(C(F)(F)F)cn34)n2)CC1.O=C1CN(C2CCN(c3ccnc(-c4cnc5cnc(C(F)(F)F)cn45)n3)C2)CCN1. The Balaban J connectivity index is 0.000000121. The van der Waals surface area contributed by atoms with Gasteiger partial charge in [-0.05, 0) is 93.0 Å². The molecule has 0 saturated carbocycles. The lowest BCUT2D eigenvalue weighted by Crippen LogP contribution is -2.52. The molecule has 4 N–H and O–H groups in total. The van der Waals surface area contributed by atoms with Crippen LogP contribution in [0.2, 0.25) is 5.15 Å². The lowest BCUT2D eigenvalue weighted by molar-refractivity contribution is -0.142. The molecule has 40 nitrogen and oxygen atoms in total. The quantitative estimate of drug-likeness (QED) is 0.0672. The number of rotatable bonds is 18. The Morgan fingerprint density at radius 2 is 0.750 bits per heavy atom. The number of aromatic nitrogens is 27. The number of carbonyl (C=O) groups is 2. The third-order valence-electron chi connectivity index (χ3n) is 25.3. The first-order valence-corrected chi connectivity index (χ1v) is 50.1. The van der Waals surface area contributed by atoms with Gasteiger partial charge in [0.1, 0.15) is 72.5 Å². The van der Waals surface area contributed by atoms with Crippen LogP contribution in [0, 0.1) is 17.8 Å². The highest BCUT2D eigenvalue weighted by molar-refractivity contribution is 7.90. The first-order chi connectivity index (χ1) is 70.5. The number of anilines is 5. The summed E-state index contributed by atoms with van der Waals surface area (Å²) in [5.74, 6) is 5.99. The van der Waals surface area contributed by atoms with Crippen LogP contribution in [0.1, 0.15) is 91.3 Å². The van der Waals surface area contributed by atoms with Gasteiger partial charge < -0.3 is 35.6 Å². The van der Waals surface area contributed by atoms with Crippen molar-refractivity contribution in [2.75, 3.05) is 134 Å². The number of piperidine rings is 2. The molecule has 0 aromatic carbocycles. The molecule has 16 aromatic heterocycles. The summed E-state index contributed by atoms with van der Waals surface area (Å²) in [6.07, 6.45) is 13.1. The van der Waals surface area contributed by atoms with E-state index in [1.807, 2.05) is 4.90 Å². The molecule has 16 aromatic rings. The van der Waals surface area contributed by atoms with Gasteiger partial charge in [0.05, 0.1) is 80.5 Å². The van der Waals surface area contributed by atoms with Gasteiger partial charge in [0, 0.05) is 194 Å². The van der Waals surface area contributed by atoms with Gasteiger partial charge in [0.2, 0.25) is 11.8 Å². The molecule has 6 aliphatic heterocycles. The number of hydrogen-bond donors (Lipinski definition) is 3. The summed E-state index contributed by atoms with van der Waals surface area (Å²) >= 11 is 6.20. The zero-order valence-corrected chi connectivity index (χ0v) is 80.3. The van der Waals surface area contributed by atoms with Crippen molar-refractivity contribution >= 4 is 101 Å². The molecule has 6 aliphatic rings. The van der Waals surface area contributed by atoms with Gasteiger partial charge in [0.15, 0.2) is 85.8 Å². The zero-order valence-electron chi connectivity index (χ0n) is 78.0. The largest absolute Gasteiger partial charge is 0.434 e. The summed E-state index contributed by atoms with van der Waals surface area (Å²) in [5.41, 5.74) is 4.24. The number of nitrogens with zero attached hydrogens (tertiary/aromatic N) is 32. The summed E-state index contributed by atoms with van der Waals surface area (Å²) in [7, 11) is -3.92. The molecule has 0 radical (unpaired) electrons. The first-order valence-electron chi connectivity index (χ1n) is 45.9. The van der Waals surface area contributed by atoms with E-state index >= 15 is 0 Å². The standard InChI is InChI=1S/C19H16ClF3N8.C19H19F3N8O.C18H18F3N7O.C17H17F3N6O2S.C17H17F3N6OS/c20-17-12(6-27-29-17)11-2-1-5-30(9-11)15-3-4-24-18(28-15)13-7-26-16-8-25-14(10-31(13)16)19(21,22)23;20-19(21,22)14-10-30-13(7-26-16(30)8-25-14)18-24-3-1-15(27-18)29-5-2-12(9-29)28-6-4-23-17(31)11-28;19-18(20,21)13-10-28-12(8-25-16(28)9-24-13)17-23-4-1-15(26-17)27-5-2-11(3-6-27)7-14(22)29;1-29(27,28)10-11-3-5-25(8-11)14-2-4-21-16(24-14)12-6-23-15-7-22-13(9-26(12)15)17(18,19)20;1-28(27)10-11-3-5-25(8-11)14-2-4-21-16(24-14)12-6-23-15-7-22-13(9-26(12)15)17(18,19)20/h3-4,6-8,10-11H,1-2,5,9H2,(H,27,29);1,3,7-8,10,12H,2,4-6,9,11H2,(H,23,31);1,4,8-11H,2-3,5-7H2,(H2,22,29);2,4,6-7,9,11H,3,5,8,10H2,1H3;2,4,6-7,9,11H,3,5,8,10H2,1H3. The number of primary amides is 1. The van der Waals surface area contributed by atoms with Gasteiger partial charge in [-0.25, -0.2) is 108 Å². The normalized spacial score (nSPS) is 18.1. The summed E-state index contributed by atoms with van der Waals surface area (Å²) in [5, 5.41) is 10.1. The third-order valence-corrected chi connectivity index (χ3v) is 27.6. The second-order valence-corrected chi connectivity index (χ2v) is 39.7. The summed E-state index contributed by atoms with van der Waals surface area (Å²) in [6, 6.07) is 9.03. The average Bonchev–Trinajstić information content (AvgIpc) is 1.63. The molecule has 148 heavy (non-hydrogen) atoms. The van der Waals surface area contributed by atoms with Crippen molar-refractivity contribution in [2.24, 2.45) is 23.5 Å². The van der Waals surface area contributed by atoms with Gasteiger partial charge in [-0.3, -0.25) is 45.8 Å². The maximum absolute atomic E-state index is 13.1. The highest BCUT2D eigenvalue weighted by atomic mass is 35.5. The van der Waals surface area contributed by atoms with Crippen LogP contribution in [0.25, 0.3) is 85.8 Å². The van der Waals surface area contributed by atoms with Crippen LogP contribution in [0.4, 0.5) is 94.9 Å². The molecule has 22 rings (SSSR count). The topological polar surface area (TPSA) is 451 Å². The van der Waals surface area contributed by atoms with Crippen LogP contribution in [0.3, 0.4) is 0 Å². The molecule has 5 atom stereocenters. The summed E-state index contributed by atoms with van der Waals surface area (Å²) in [6.45, 7) is 8.99. The average molecular weight is 2120 g/mol. The first kappa shape index (κ1) is 103. The minimum absolute atomic E-state index is 0.0135. The predicted octanol–water partition coefficient (Wildman–Crippen LogP) is 12.0. The fourth-order valence-corrected chi connectivity index (χ4v) is 20.6. The van der Waals surface area contributed by atoms with E-state index < -0.39 is 80.0 Å². The van der Waals surface area contributed by atoms with Gasteiger partial charge in [-0.15, -0.1) is 0 Å². The minimum atomic E-state index is -4.58. The van der Waals surface area contributed by atoms with E-state index in [0.29, 0.717) is 127 Å². The Morgan fingerprint density at radius 3 is 1.09 bits per heavy atom. The van der Waals surface area contributed by atoms with Crippen molar-refractivity contribution in [3.8, 4) is 57.6 Å². The number of amides is 2. The Hall–Kier alpha value is -15.1. The van der Waals surface area contributed by atoms with Gasteiger partial charge in [0.25, 0.3) is 0 Å². The lowest BCUT2D eigenvalue weighted by atomic mass is 9.93. The number of carbonyl (C=O) groups excluding carboxylic acids is 2. The summed E-state index contributed by atoms with van der Waals surface area (Å²) in [4.78, 5) is 117. The number of imidazole rings is 5. The smallest absolute Gasteiger partial charge is 0.370 e. The third kappa shape index (κ3) is 24.1.